The molecule has 166 valence electrons. The Bertz CT molecular complexity index is 975. The highest BCUT2D eigenvalue weighted by Crippen LogP contribution is 2.30. The topological polar surface area (TPSA) is 116 Å². The van der Waals surface area contributed by atoms with E-state index in [2.05, 4.69) is 10.4 Å². The summed E-state index contributed by atoms with van der Waals surface area (Å²) < 4.78 is 6.82. The lowest BCUT2D eigenvalue weighted by Gasteiger charge is -2.35. The maximum absolute atomic E-state index is 12.9. The normalized spacial score (nSPS) is 15.3. The zero-order chi connectivity index (χ0) is 22.6. The summed E-state index contributed by atoms with van der Waals surface area (Å²) in [4.78, 5) is 36.2. The van der Waals surface area contributed by atoms with Crippen LogP contribution in [0.1, 0.15) is 66.3 Å². The van der Waals surface area contributed by atoms with Crippen LogP contribution in [-0.2, 0) is 16.1 Å². The molecule has 9 heteroatoms. The van der Waals surface area contributed by atoms with Gasteiger partial charge >= 0.3 is 11.7 Å². The number of benzene rings is 1. The second kappa shape index (κ2) is 9.28. The van der Waals surface area contributed by atoms with Crippen LogP contribution in [0.3, 0.4) is 0 Å². The van der Waals surface area contributed by atoms with Crippen molar-refractivity contribution < 1.29 is 19.2 Å². The molecular formula is C22H28N4O5. The van der Waals surface area contributed by atoms with E-state index in [0.717, 1.165) is 24.8 Å². The molecule has 1 aromatic heterocycles. The van der Waals surface area contributed by atoms with Crippen molar-refractivity contribution in [1.29, 1.82) is 0 Å². The second-order valence-corrected chi connectivity index (χ2v) is 7.95. The van der Waals surface area contributed by atoms with Crippen molar-refractivity contribution in [1.82, 2.24) is 15.1 Å². The number of carbonyl (C=O) groups is 2. The van der Waals surface area contributed by atoms with Crippen LogP contribution in [0.15, 0.2) is 24.3 Å². The van der Waals surface area contributed by atoms with Crippen LogP contribution in [-0.4, -0.2) is 38.7 Å². The van der Waals surface area contributed by atoms with Gasteiger partial charge in [-0.05, 0) is 51.3 Å². The molecule has 0 unspecified atom stereocenters. The van der Waals surface area contributed by atoms with E-state index >= 15 is 0 Å². The van der Waals surface area contributed by atoms with E-state index in [4.69, 9.17) is 4.74 Å². The Hall–Kier alpha value is -3.23. The van der Waals surface area contributed by atoms with Gasteiger partial charge in [-0.1, -0.05) is 31.4 Å². The molecule has 0 aliphatic heterocycles. The zero-order valence-corrected chi connectivity index (χ0v) is 18.1. The number of hydrogen-bond acceptors (Lipinski definition) is 6. The Morgan fingerprint density at radius 2 is 1.84 bits per heavy atom. The van der Waals surface area contributed by atoms with Gasteiger partial charge < -0.3 is 10.1 Å². The third kappa shape index (κ3) is 4.76. The van der Waals surface area contributed by atoms with Gasteiger partial charge in [-0.25, -0.2) is 4.79 Å². The van der Waals surface area contributed by atoms with Crippen molar-refractivity contribution >= 4 is 17.6 Å². The van der Waals surface area contributed by atoms with E-state index in [1.807, 2.05) is 0 Å². The fourth-order valence-corrected chi connectivity index (χ4v) is 4.13. The molecule has 1 saturated carbocycles. The standard InChI is InChI=1S/C22H28N4O5/c1-4-31-21(28)22(12-6-5-7-13-22)23-20(27)18-10-8-17(9-11-18)14-25-16(3)19(26(29)30)15(2)24-25/h8-11H,4-7,12-14H2,1-3H3,(H,23,27). The van der Waals surface area contributed by atoms with E-state index in [1.54, 1.807) is 49.7 Å². The van der Waals surface area contributed by atoms with Gasteiger partial charge in [-0.2, -0.15) is 5.10 Å². The quantitative estimate of drug-likeness (QED) is 0.410. The molecule has 31 heavy (non-hydrogen) atoms. The molecule has 0 spiro atoms. The van der Waals surface area contributed by atoms with E-state index in [-0.39, 0.29) is 24.2 Å². The van der Waals surface area contributed by atoms with E-state index in [9.17, 15) is 19.7 Å². The summed E-state index contributed by atoms with van der Waals surface area (Å²) in [5.74, 6) is -0.686. The number of hydrogen-bond donors (Lipinski definition) is 1. The molecule has 1 N–H and O–H groups in total. The molecule has 1 aliphatic rings. The minimum atomic E-state index is -0.966. The molecule has 1 heterocycles. The number of amides is 1. The van der Waals surface area contributed by atoms with Gasteiger partial charge in [0.25, 0.3) is 5.91 Å². The van der Waals surface area contributed by atoms with Crippen LogP contribution >= 0.6 is 0 Å². The fraction of sp³-hybridized carbons (Fsp3) is 0.500. The number of esters is 1. The molecule has 1 aromatic carbocycles. The average Bonchev–Trinajstić information content (AvgIpc) is 3.02. The lowest BCUT2D eigenvalue weighted by Crippen LogP contribution is -2.56. The highest BCUT2D eigenvalue weighted by molar-refractivity contribution is 5.98. The number of nitrogens with zero attached hydrogens (tertiary/aromatic N) is 3. The minimum Gasteiger partial charge on any atom is -0.464 e. The summed E-state index contributed by atoms with van der Waals surface area (Å²) in [6, 6.07) is 6.95. The molecule has 0 atom stereocenters. The Morgan fingerprint density at radius 3 is 2.39 bits per heavy atom. The summed E-state index contributed by atoms with van der Waals surface area (Å²) in [5.41, 5.74) is 1.21. The molecule has 0 bridgehead atoms. The summed E-state index contributed by atoms with van der Waals surface area (Å²) in [7, 11) is 0. The molecule has 3 rings (SSSR count). The Morgan fingerprint density at radius 1 is 1.19 bits per heavy atom. The van der Waals surface area contributed by atoms with Gasteiger partial charge in [0.05, 0.1) is 18.1 Å². The SMILES string of the molecule is CCOC(=O)C1(NC(=O)c2ccc(Cn3nc(C)c([N+](=O)[O-])c3C)cc2)CCCCC1. The predicted octanol–water partition coefficient (Wildman–Crippen LogP) is 3.45. The Balaban J connectivity index is 1.73. The van der Waals surface area contributed by atoms with Gasteiger partial charge in [0, 0.05) is 5.56 Å². The summed E-state index contributed by atoms with van der Waals surface area (Å²) in [6.45, 7) is 5.66. The average molecular weight is 428 g/mol. The Kier molecular flexibility index (Phi) is 6.72. The molecule has 9 nitrogen and oxygen atoms in total. The van der Waals surface area contributed by atoms with Crippen LogP contribution in [0.25, 0.3) is 0 Å². The number of aromatic nitrogens is 2. The van der Waals surface area contributed by atoms with Crippen LogP contribution < -0.4 is 5.32 Å². The van der Waals surface area contributed by atoms with Gasteiger partial charge in [0.15, 0.2) is 0 Å². The zero-order valence-electron chi connectivity index (χ0n) is 18.1. The monoisotopic (exact) mass is 428 g/mol. The molecule has 1 aliphatic carbocycles. The molecule has 0 saturated heterocycles. The van der Waals surface area contributed by atoms with Crippen molar-refractivity contribution in [2.24, 2.45) is 0 Å². The maximum Gasteiger partial charge on any atom is 0.331 e. The molecule has 2 aromatic rings. The number of ether oxygens (including phenoxy) is 1. The highest BCUT2D eigenvalue weighted by atomic mass is 16.6. The largest absolute Gasteiger partial charge is 0.464 e. The molecular weight excluding hydrogens is 400 g/mol. The van der Waals surface area contributed by atoms with Crippen LogP contribution in [0.5, 0.6) is 0 Å². The third-order valence-corrected chi connectivity index (χ3v) is 5.80. The maximum atomic E-state index is 12.9. The third-order valence-electron chi connectivity index (χ3n) is 5.80. The molecule has 1 amide bonds. The number of carbonyl (C=O) groups excluding carboxylic acids is 2. The van der Waals surface area contributed by atoms with Crippen molar-refractivity contribution in [2.75, 3.05) is 6.61 Å². The van der Waals surface area contributed by atoms with Crippen LogP contribution in [0.4, 0.5) is 5.69 Å². The highest BCUT2D eigenvalue weighted by Gasteiger charge is 2.42. The van der Waals surface area contributed by atoms with E-state index < -0.39 is 10.5 Å². The first-order chi connectivity index (χ1) is 14.8. The van der Waals surface area contributed by atoms with Crippen LogP contribution in [0.2, 0.25) is 0 Å². The summed E-state index contributed by atoms with van der Waals surface area (Å²) >= 11 is 0. The molecule has 1 fully saturated rings. The molecule has 0 radical (unpaired) electrons. The smallest absolute Gasteiger partial charge is 0.331 e. The first kappa shape index (κ1) is 22.5. The summed E-state index contributed by atoms with van der Waals surface area (Å²) in [5, 5.41) is 18.4. The van der Waals surface area contributed by atoms with Crippen molar-refractivity contribution in [2.45, 2.75) is 65.0 Å². The lowest BCUT2D eigenvalue weighted by molar-refractivity contribution is -0.386. The minimum absolute atomic E-state index is 0.0211. The van der Waals surface area contributed by atoms with E-state index in [1.165, 1.54) is 0 Å². The lowest BCUT2D eigenvalue weighted by atomic mass is 9.81. The number of nitrogens with one attached hydrogen (secondary N) is 1. The second-order valence-electron chi connectivity index (χ2n) is 7.95. The first-order valence-electron chi connectivity index (χ1n) is 10.5. The fourth-order valence-electron chi connectivity index (χ4n) is 4.13. The first-order valence-corrected chi connectivity index (χ1v) is 10.5. The Labute approximate surface area is 180 Å². The van der Waals surface area contributed by atoms with Crippen molar-refractivity contribution in [3.05, 3.63) is 56.9 Å². The van der Waals surface area contributed by atoms with Gasteiger partial charge in [-0.15, -0.1) is 0 Å². The predicted molar refractivity (Wildman–Crippen MR) is 114 cm³/mol. The number of nitro groups is 1. The van der Waals surface area contributed by atoms with Crippen molar-refractivity contribution in [3.63, 3.8) is 0 Å². The number of rotatable bonds is 7. The summed E-state index contributed by atoms with van der Waals surface area (Å²) in [6.07, 6.45) is 3.93. The van der Waals surface area contributed by atoms with Gasteiger partial charge in [0.1, 0.15) is 16.9 Å². The van der Waals surface area contributed by atoms with Crippen molar-refractivity contribution in [3.8, 4) is 0 Å². The van der Waals surface area contributed by atoms with Gasteiger partial charge in [0.2, 0.25) is 0 Å². The van der Waals surface area contributed by atoms with Crippen LogP contribution in [0, 0.1) is 24.0 Å². The van der Waals surface area contributed by atoms with E-state index in [0.29, 0.717) is 36.3 Å². The number of aryl methyl sites for hydroxylation is 1. The van der Waals surface area contributed by atoms with Gasteiger partial charge in [-0.3, -0.25) is 19.6 Å².